The predicted molar refractivity (Wildman–Crippen MR) is 55.3 cm³/mol. The van der Waals surface area contributed by atoms with Gasteiger partial charge in [-0.2, -0.15) is 0 Å². The number of benzene rings is 1. The molecule has 0 spiro atoms. The van der Waals surface area contributed by atoms with Gasteiger partial charge in [0.2, 0.25) is 0 Å². The van der Waals surface area contributed by atoms with E-state index in [0.29, 0.717) is 0 Å². The summed E-state index contributed by atoms with van der Waals surface area (Å²) in [5.74, 6) is 0. The van der Waals surface area contributed by atoms with Crippen molar-refractivity contribution < 1.29 is 4.84 Å². The summed E-state index contributed by atoms with van der Waals surface area (Å²) in [6.07, 6.45) is 0.828. The van der Waals surface area contributed by atoms with Crippen LogP contribution in [0.5, 0.6) is 0 Å². The SMILES string of the molecule is CC/C(=N\OC)c1cccc(Cl)c1. The summed E-state index contributed by atoms with van der Waals surface area (Å²) < 4.78 is 0. The van der Waals surface area contributed by atoms with E-state index in [1.807, 2.05) is 31.2 Å². The number of halogens is 1. The molecule has 1 aromatic rings. The summed E-state index contributed by atoms with van der Waals surface area (Å²) >= 11 is 5.85. The van der Waals surface area contributed by atoms with Crippen molar-refractivity contribution in [1.29, 1.82) is 0 Å². The van der Waals surface area contributed by atoms with Gasteiger partial charge in [-0.3, -0.25) is 0 Å². The Morgan fingerprint density at radius 1 is 1.54 bits per heavy atom. The van der Waals surface area contributed by atoms with E-state index in [9.17, 15) is 0 Å². The Kier molecular flexibility index (Phi) is 3.77. The maximum Gasteiger partial charge on any atom is 0.106 e. The lowest BCUT2D eigenvalue weighted by molar-refractivity contribution is 0.213. The number of rotatable bonds is 3. The molecule has 70 valence electrons. The first-order valence-corrected chi connectivity index (χ1v) is 4.51. The molecule has 0 aliphatic carbocycles. The lowest BCUT2D eigenvalue weighted by Crippen LogP contribution is -1.99. The van der Waals surface area contributed by atoms with Gasteiger partial charge in [-0.1, -0.05) is 35.8 Å². The fourth-order valence-electron chi connectivity index (χ4n) is 1.10. The van der Waals surface area contributed by atoms with Gasteiger partial charge in [-0.25, -0.2) is 0 Å². The zero-order valence-corrected chi connectivity index (χ0v) is 8.51. The van der Waals surface area contributed by atoms with Crippen molar-refractivity contribution in [3.8, 4) is 0 Å². The molecule has 0 unspecified atom stereocenters. The molecule has 13 heavy (non-hydrogen) atoms. The van der Waals surface area contributed by atoms with Crippen LogP contribution in [0.3, 0.4) is 0 Å². The van der Waals surface area contributed by atoms with Crippen LogP contribution in [0, 0.1) is 0 Å². The average molecular weight is 198 g/mol. The first-order valence-electron chi connectivity index (χ1n) is 4.14. The molecule has 0 radical (unpaired) electrons. The first kappa shape index (κ1) is 10.1. The third kappa shape index (κ3) is 2.74. The van der Waals surface area contributed by atoms with Gasteiger partial charge in [0.1, 0.15) is 7.11 Å². The molecule has 0 heterocycles. The molecule has 1 aromatic carbocycles. The second kappa shape index (κ2) is 4.87. The number of hydrogen-bond acceptors (Lipinski definition) is 2. The summed E-state index contributed by atoms with van der Waals surface area (Å²) in [7, 11) is 1.54. The van der Waals surface area contributed by atoms with Gasteiger partial charge in [-0.05, 0) is 18.6 Å². The van der Waals surface area contributed by atoms with Gasteiger partial charge in [0.15, 0.2) is 0 Å². The molecule has 0 amide bonds. The van der Waals surface area contributed by atoms with Crippen molar-refractivity contribution >= 4 is 17.3 Å². The van der Waals surface area contributed by atoms with Crippen molar-refractivity contribution in [2.75, 3.05) is 7.11 Å². The molecule has 2 nitrogen and oxygen atoms in total. The maximum absolute atomic E-state index is 5.85. The summed E-state index contributed by atoms with van der Waals surface area (Å²) in [4.78, 5) is 4.73. The summed E-state index contributed by atoms with van der Waals surface area (Å²) in [5, 5.41) is 4.63. The van der Waals surface area contributed by atoms with Crippen LogP contribution in [-0.2, 0) is 4.84 Å². The third-order valence-electron chi connectivity index (χ3n) is 1.69. The van der Waals surface area contributed by atoms with Crippen LogP contribution >= 0.6 is 11.6 Å². The van der Waals surface area contributed by atoms with E-state index in [2.05, 4.69) is 5.16 Å². The number of nitrogens with zero attached hydrogens (tertiary/aromatic N) is 1. The normalized spacial score (nSPS) is 11.5. The van der Waals surface area contributed by atoms with Crippen molar-refractivity contribution in [2.45, 2.75) is 13.3 Å². The molecule has 0 aromatic heterocycles. The van der Waals surface area contributed by atoms with Gasteiger partial charge < -0.3 is 4.84 Å². The van der Waals surface area contributed by atoms with E-state index in [1.165, 1.54) is 0 Å². The van der Waals surface area contributed by atoms with Gasteiger partial charge in [0.25, 0.3) is 0 Å². The summed E-state index contributed by atoms with van der Waals surface area (Å²) in [5.41, 5.74) is 1.92. The smallest absolute Gasteiger partial charge is 0.106 e. The van der Waals surface area contributed by atoms with Gasteiger partial charge in [0.05, 0.1) is 5.71 Å². The van der Waals surface area contributed by atoms with E-state index in [-0.39, 0.29) is 0 Å². The molecular formula is C10H12ClNO. The Labute approximate surface area is 83.2 Å². The summed E-state index contributed by atoms with van der Waals surface area (Å²) in [6, 6.07) is 7.58. The lowest BCUT2D eigenvalue weighted by atomic mass is 10.1. The molecule has 0 saturated heterocycles. The minimum Gasteiger partial charge on any atom is -0.399 e. The Morgan fingerprint density at radius 2 is 2.31 bits per heavy atom. The highest BCUT2D eigenvalue weighted by atomic mass is 35.5. The van der Waals surface area contributed by atoms with Crippen LogP contribution < -0.4 is 0 Å². The zero-order chi connectivity index (χ0) is 9.68. The minimum absolute atomic E-state index is 0.717. The van der Waals surface area contributed by atoms with Crippen molar-refractivity contribution in [3.63, 3.8) is 0 Å². The first-order chi connectivity index (χ1) is 6.27. The molecule has 0 saturated carbocycles. The van der Waals surface area contributed by atoms with Crippen LogP contribution in [0.25, 0.3) is 0 Å². The summed E-state index contributed by atoms with van der Waals surface area (Å²) in [6.45, 7) is 2.03. The molecule has 3 heteroatoms. The van der Waals surface area contributed by atoms with E-state index >= 15 is 0 Å². The van der Waals surface area contributed by atoms with Crippen LogP contribution in [0.15, 0.2) is 29.4 Å². The van der Waals surface area contributed by atoms with E-state index < -0.39 is 0 Å². The highest BCUT2D eigenvalue weighted by Crippen LogP contribution is 2.12. The van der Waals surface area contributed by atoms with Gasteiger partial charge in [0, 0.05) is 10.6 Å². The van der Waals surface area contributed by atoms with Crippen molar-refractivity contribution in [3.05, 3.63) is 34.9 Å². The zero-order valence-electron chi connectivity index (χ0n) is 7.75. The monoisotopic (exact) mass is 197 g/mol. The molecule has 0 N–H and O–H groups in total. The second-order valence-corrected chi connectivity index (χ2v) is 3.02. The molecule has 0 bridgehead atoms. The molecular weight excluding hydrogens is 186 g/mol. The molecule has 1 rings (SSSR count). The topological polar surface area (TPSA) is 21.6 Å². The Balaban J connectivity index is 2.98. The molecule has 0 atom stereocenters. The van der Waals surface area contributed by atoms with Crippen LogP contribution in [-0.4, -0.2) is 12.8 Å². The van der Waals surface area contributed by atoms with Crippen LogP contribution in [0.2, 0.25) is 5.02 Å². The van der Waals surface area contributed by atoms with Crippen molar-refractivity contribution in [1.82, 2.24) is 0 Å². The van der Waals surface area contributed by atoms with Crippen LogP contribution in [0.1, 0.15) is 18.9 Å². The number of hydrogen-bond donors (Lipinski definition) is 0. The maximum atomic E-state index is 5.85. The molecule has 0 fully saturated rings. The van der Waals surface area contributed by atoms with E-state index in [0.717, 1.165) is 22.7 Å². The van der Waals surface area contributed by atoms with E-state index in [4.69, 9.17) is 16.4 Å². The quantitative estimate of drug-likeness (QED) is 0.539. The van der Waals surface area contributed by atoms with Gasteiger partial charge in [-0.15, -0.1) is 0 Å². The van der Waals surface area contributed by atoms with Crippen LogP contribution in [0.4, 0.5) is 0 Å². The third-order valence-corrected chi connectivity index (χ3v) is 1.93. The fraction of sp³-hybridized carbons (Fsp3) is 0.300. The second-order valence-electron chi connectivity index (χ2n) is 2.58. The minimum atomic E-state index is 0.717. The van der Waals surface area contributed by atoms with Gasteiger partial charge >= 0.3 is 0 Å². The van der Waals surface area contributed by atoms with E-state index in [1.54, 1.807) is 7.11 Å². The number of oxime groups is 1. The molecule has 0 aliphatic rings. The molecule has 0 aliphatic heterocycles. The Bertz CT molecular complexity index is 310. The fourth-order valence-corrected chi connectivity index (χ4v) is 1.29. The largest absolute Gasteiger partial charge is 0.399 e. The lowest BCUT2D eigenvalue weighted by Gasteiger charge is -2.02. The Morgan fingerprint density at radius 3 is 2.85 bits per heavy atom. The van der Waals surface area contributed by atoms with Crippen molar-refractivity contribution in [2.24, 2.45) is 5.16 Å². The average Bonchev–Trinajstić information content (AvgIpc) is 2.14. The highest BCUT2D eigenvalue weighted by Gasteiger charge is 2.01. The predicted octanol–water partition coefficient (Wildman–Crippen LogP) is 3.10. The standard InChI is InChI=1S/C10H12ClNO/c1-3-10(12-13-2)8-5-4-6-9(11)7-8/h4-7H,3H2,1-2H3/b12-10+. The Hall–Kier alpha value is -1.02. The highest BCUT2D eigenvalue weighted by molar-refractivity contribution is 6.31.